The van der Waals surface area contributed by atoms with E-state index in [1.807, 2.05) is 32.9 Å². The predicted octanol–water partition coefficient (Wildman–Crippen LogP) is 2.22. The number of hydrogen-bond acceptors (Lipinski definition) is 2. The SMILES string of the molecule is Cc1cc(Br)ccc1C(=O)NC(C)(C)CN. The molecule has 0 aliphatic heterocycles. The van der Waals surface area contributed by atoms with E-state index >= 15 is 0 Å². The van der Waals surface area contributed by atoms with E-state index in [4.69, 9.17) is 5.73 Å². The maximum atomic E-state index is 12.0. The summed E-state index contributed by atoms with van der Waals surface area (Å²) < 4.78 is 0.972. The number of benzene rings is 1. The van der Waals surface area contributed by atoms with Crippen LogP contribution in [0, 0.1) is 6.92 Å². The van der Waals surface area contributed by atoms with Crippen LogP contribution in [0.25, 0.3) is 0 Å². The number of amides is 1. The fraction of sp³-hybridized carbons (Fsp3) is 0.417. The van der Waals surface area contributed by atoms with Crippen molar-refractivity contribution in [2.75, 3.05) is 6.54 Å². The van der Waals surface area contributed by atoms with Crippen LogP contribution in [-0.2, 0) is 0 Å². The monoisotopic (exact) mass is 284 g/mol. The molecule has 0 fully saturated rings. The minimum Gasteiger partial charge on any atom is -0.346 e. The van der Waals surface area contributed by atoms with E-state index in [0.717, 1.165) is 10.0 Å². The van der Waals surface area contributed by atoms with Crippen molar-refractivity contribution in [2.24, 2.45) is 5.73 Å². The second kappa shape index (κ2) is 4.97. The lowest BCUT2D eigenvalue weighted by molar-refractivity contribution is 0.0915. The number of hydrogen-bond donors (Lipinski definition) is 2. The highest BCUT2D eigenvalue weighted by Gasteiger charge is 2.20. The summed E-state index contributed by atoms with van der Waals surface area (Å²) in [5.74, 6) is -0.0829. The third-order valence-corrected chi connectivity index (χ3v) is 2.89. The Hall–Kier alpha value is -0.870. The summed E-state index contributed by atoms with van der Waals surface area (Å²) in [6, 6.07) is 5.59. The largest absolute Gasteiger partial charge is 0.346 e. The summed E-state index contributed by atoms with van der Waals surface area (Å²) in [5.41, 5.74) is 6.82. The lowest BCUT2D eigenvalue weighted by atomic mass is 10.0. The van der Waals surface area contributed by atoms with Crippen molar-refractivity contribution in [3.05, 3.63) is 33.8 Å². The van der Waals surface area contributed by atoms with Crippen LogP contribution in [-0.4, -0.2) is 18.0 Å². The van der Waals surface area contributed by atoms with Crippen molar-refractivity contribution in [3.63, 3.8) is 0 Å². The molecule has 0 radical (unpaired) electrons. The van der Waals surface area contributed by atoms with E-state index in [-0.39, 0.29) is 11.4 Å². The number of carbonyl (C=O) groups is 1. The molecule has 3 nitrogen and oxygen atoms in total. The number of halogens is 1. The van der Waals surface area contributed by atoms with Crippen molar-refractivity contribution < 1.29 is 4.79 Å². The van der Waals surface area contributed by atoms with E-state index in [1.165, 1.54) is 0 Å². The highest BCUT2D eigenvalue weighted by atomic mass is 79.9. The quantitative estimate of drug-likeness (QED) is 0.894. The third-order valence-electron chi connectivity index (χ3n) is 2.40. The van der Waals surface area contributed by atoms with Gasteiger partial charge < -0.3 is 11.1 Å². The number of aryl methyl sites for hydroxylation is 1. The van der Waals surface area contributed by atoms with E-state index < -0.39 is 0 Å². The lowest BCUT2D eigenvalue weighted by Crippen LogP contribution is -2.49. The van der Waals surface area contributed by atoms with Gasteiger partial charge in [0.15, 0.2) is 0 Å². The molecule has 16 heavy (non-hydrogen) atoms. The first-order chi connectivity index (χ1) is 7.35. The minimum absolute atomic E-state index is 0.0829. The molecule has 0 heterocycles. The van der Waals surface area contributed by atoms with Crippen molar-refractivity contribution in [1.82, 2.24) is 5.32 Å². The molecule has 1 rings (SSSR count). The number of nitrogens with one attached hydrogen (secondary N) is 1. The summed E-state index contributed by atoms with van der Waals surface area (Å²) in [7, 11) is 0. The summed E-state index contributed by atoms with van der Waals surface area (Å²) in [4.78, 5) is 12.0. The number of rotatable bonds is 3. The van der Waals surface area contributed by atoms with Crippen LogP contribution in [0.1, 0.15) is 29.8 Å². The first kappa shape index (κ1) is 13.2. The van der Waals surface area contributed by atoms with Crippen LogP contribution in [0.3, 0.4) is 0 Å². The van der Waals surface area contributed by atoms with Gasteiger partial charge in [-0.3, -0.25) is 4.79 Å². The molecular weight excluding hydrogens is 268 g/mol. The van der Waals surface area contributed by atoms with Crippen molar-refractivity contribution >= 4 is 21.8 Å². The first-order valence-electron chi connectivity index (χ1n) is 5.14. The van der Waals surface area contributed by atoms with Gasteiger partial charge in [0.25, 0.3) is 5.91 Å². The van der Waals surface area contributed by atoms with Crippen LogP contribution in [0.4, 0.5) is 0 Å². The first-order valence-corrected chi connectivity index (χ1v) is 5.94. The van der Waals surface area contributed by atoms with Crippen LogP contribution >= 0.6 is 15.9 Å². The molecule has 88 valence electrons. The third kappa shape index (κ3) is 3.32. The van der Waals surface area contributed by atoms with E-state index in [9.17, 15) is 4.79 Å². The molecule has 0 saturated carbocycles. The molecule has 0 saturated heterocycles. The maximum absolute atomic E-state index is 12.0. The van der Waals surface area contributed by atoms with Gasteiger partial charge in [0, 0.05) is 22.1 Å². The molecule has 0 aromatic heterocycles. The van der Waals surface area contributed by atoms with E-state index in [0.29, 0.717) is 12.1 Å². The molecule has 0 atom stereocenters. The topological polar surface area (TPSA) is 55.1 Å². The molecular formula is C12H17BrN2O. The van der Waals surface area contributed by atoms with Crippen LogP contribution in [0.2, 0.25) is 0 Å². The average molecular weight is 285 g/mol. The van der Waals surface area contributed by atoms with Gasteiger partial charge in [0.2, 0.25) is 0 Å². The van der Waals surface area contributed by atoms with E-state index in [1.54, 1.807) is 6.07 Å². The standard InChI is InChI=1S/C12H17BrN2O/c1-8-6-9(13)4-5-10(8)11(16)15-12(2,3)7-14/h4-6H,7,14H2,1-3H3,(H,15,16). The Morgan fingerprint density at radius 1 is 1.50 bits per heavy atom. The maximum Gasteiger partial charge on any atom is 0.252 e. The van der Waals surface area contributed by atoms with Gasteiger partial charge in [-0.2, -0.15) is 0 Å². The van der Waals surface area contributed by atoms with Crippen molar-refractivity contribution in [3.8, 4) is 0 Å². The molecule has 3 N–H and O–H groups in total. The zero-order valence-corrected chi connectivity index (χ0v) is 11.4. The lowest BCUT2D eigenvalue weighted by Gasteiger charge is -2.24. The van der Waals surface area contributed by atoms with Gasteiger partial charge in [-0.05, 0) is 44.5 Å². The summed E-state index contributed by atoms with van der Waals surface area (Å²) >= 11 is 3.37. The average Bonchev–Trinajstić information content (AvgIpc) is 2.16. The zero-order chi connectivity index (χ0) is 12.3. The molecule has 1 aromatic carbocycles. The zero-order valence-electron chi connectivity index (χ0n) is 9.80. The Bertz CT molecular complexity index is 402. The Morgan fingerprint density at radius 3 is 2.62 bits per heavy atom. The Morgan fingerprint density at radius 2 is 2.12 bits per heavy atom. The number of nitrogens with two attached hydrogens (primary N) is 1. The minimum atomic E-state index is -0.378. The fourth-order valence-corrected chi connectivity index (χ4v) is 1.78. The molecule has 0 aliphatic carbocycles. The molecule has 0 aliphatic rings. The fourth-order valence-electron chi connectivity index (χ4n) is 1.31. The predicted molar refractivity (Wildman–Crippen MR) is 69.5 cm³/mol. The van der Waals surface area contributed by atoms with Crippen LogP contribution < -0.4 is 11.1 Å². The van der Waals surface area contributed by atoms with Gasteiger partial charge in [0.05, 0.1) is 0 Å². The second-order valence-corrected chi connectivity index (χ2v) is 5.42. The smallest absolute Gasteiger partial charge is 0.252 e. The van der Waals surface area contributed by atoms with Crippen molar-refractivity contribution in [1.29, 1.82) is 0 Å². The second-order valence-electron chi connectivity index (χ2n) is 4.50. The van der Waals surface area contributed by atoms with Gasteiger partial charge in [-0.15, -0.1) is 0 Å². The van der Waals surface area contributed by atoms with E-state index in [2.05, 4.69) is 21.2 Å². The highest BCUT2D eigenvalue weighted by molar-refractivity contribution is 9.10. The van der Waals surface area contributed by atoms with Gasteiger partial charge in [-0.1, -0.05) is 15.9 Å². The van der Waals surface area contributed by atoms with Crippen molar-refractivity contribution in [2.45, 2.75) is 26.3 Å². The molecule has 0 bridgehead atoms. The summed E-state index contributed by atoms with van der Waals surface area (Å²) in [6.07, 6.45) is 0. The van der Waals surface area contributed by atoms with Crippen LogP contribution in [0.15, 0.2) is 22.7 Å². The highest BCUT2D eigenvalue weighted by Crippen LogP contribution is 2.16. The molecule has 0 unspecified atom stereocenters. The van der Waals surface area contributed by atoms with Gasteiger partial charge in [0.1, 0.15) is 0 Å². The Balaban J connectivity index is 2.89. The molecule has 1 aromatic rings. The Labute approximate surface area is 105 Å². The van der Waals surface area contributed by atoms with Crippen LogP contribution in [0.5, 0.6) is 0 Å². The molecule has 0 spiro atoms. The summed E-state index contributed by atoms with van der Waals surface area (Å²) in [6.45, 7) is 6.13. The summed E-state index contributed by atoms with van der Waals surface area (Å²) in [5, 5.41) is 2.90. The van der Waals surface area contributed by atoms with Gasteiger partial charge >= 0.3 is 0 Å². The normalized spacial score (nSPS) is 11.3. The Kier molecular flexibility index (Phi) is 4.10. The number of carbonyl (C=O) groups excluding carboxylic acids is 1. The van der Waals surface area contributed by atoms with Gasteiger partial charge in [-0.25, -0.2) is 0 Å². The molecule has 1 amide bonds. The molecule has 4 heteroatoms.